The third-order valence-corrected chi connectivity index (χ3v) is 7.07. The molecule has 0 radical (unpaired) electrons. The van der Waals surface area contributed by atoms with Crippen LogP contribution in [-0.2, 0) is 10.2 Å². The summed E-state index contributed by atoms with van der Waals surface area (Å²) >= 11 is 0. The van der Waals surface area contributed by atoms with Crippen molar-refractivity contribution in [3.8, 4) is 5.75 Å². The van der Waals surface area contributed by atoms with Crippen LogP contribution in [0.4, 0.5) is 0 Å². The number of H-pyrrole nitrogens is 1. The van der Waals surface area contributed by atoms with Gasteiger partial charge in [-0.3, -0.25) is 4.79 Å². The van der Waals surface area contributed by atoms with Crippen molar-refractivity contribution in [2.24, 2.45) is 5.92 Å². The Balaban J connectivity index is 1.69. The van der Waals surface area contributed by atoms with Crippen LogP contribution in [0.15, 0.2) is 18.2 Å². The monoisotopic (exact) mass is 383 g/mol. The number of nitrogens with zero attached hydrogens (tertiary/aromatic N) is 2. The van der Waals surface area contributed by atoms with E-state index in [0.717, 1.165) is 55.7 Å². The largest absolute Gasteiger partial charge is 0.497 e. The number of aliphatic hydroxyl groups excluding tert-OH is 1. The molecule has 6 heteroatoms. The van der Waals surface area contributed by atoms with Crippen molar-refractivity contribution in [3.63, 3.8) is 0 Å². The lowest BCUT2D eigenvalue weighted by molar-refractivity contribution is -0.138. The molecule has 2 aliphatic heterocycles. The van der Waals surface area contributed by atoms with E-state index in [9.17, 15) is 9.90 Å². The Hall–Kier alpha value is -2.05. The van der Waals surface area contributed by atoms with Gasteiger partial charge >= 0.3 is 0 Å². The quantitative estimate of drug-likeness (QED) is 0.854. The van der Waals surface area contributed by atoms with E-state index in [4.69, 9.17) is 4.74 Å². The van der Waals surface area contributed by atoms with E-state index in [2.05, 4.69) is 23.0 Å². The van der Waals surface area contributed by atoms with Gasteiger partial charge in [-0.25, -0.2) is 0 Å². The first-order valence-corrected chi connectivity index (χ1v) is 10.4. The minimum atomic E-state index is -0.285. The maximum absolute atomic E-state index is 13.1. The van der Waals surface area contributed by atoms with Crippen LogP contribution in [0.5, 0.6) is 5.75 Å². The van der Waals surface area contributed by atoms with Crippen molar-refractivity contribution >= 4 is 16.8 Å². The highest BCUT2D eigenvalue weighted by molar-refractivity contribution is 5.89. The zero-order chi connectivity index (χ0) is 19.5. The predicted octanol–water partition coefficient (Wildman–Crippen LogP) is 2.43. The highest BCUT2D eigenvalue weighted by Gasteiger charge is 2.50. The standard InChI is InChI=1S/C22H29N3O3/c1-24-9-7-22(8-10-24)13-25(21(27)14-3-4-14)18(12-26)20-19(22)16-6-5-15(28-2)11-17(16)23-20/h5-6,11,14,18,23,26H,3-4,7-10,12-13H2,1-2H3/t18-/m1/s1. The first-order chi connectivity index (χ1) is 13.6. The Morgan fingerprint density at radius 2 is 2.07 bits per heavy atom. The lowest BCUT2D eigenvalue weighted by Crippen LogP contribution is -2.55. The van der Waals surface area contributed by atoms with E-state index in [1.54, 1.807) is 7.11 Å². The number of amides is 1. The summed E-state index contributed by atoms with van der Waals surface area (Å²) in [5.41, 5.74) is 3.32. The number of aromatic amines is 1. The Bertz CT molecular complexity index is 909. The summed E-state index contributed by atoms with van der Waals surface area (Å²) in [4.78, 5) is 21.0. The second-order valence-electron chi connectivity index (χ2n) is 8.85. The lowest BCUT2D eigenvalue weighted by atomic mass is 9.68. The summed E-state index contributed by atoms with van der Waals surface area (Å²) in [5, 5.41) is 11.5. The number of aliphatic hydroxyl groups is 1. The summed E-state index contributed by atoms with van der Waals surface area (Å²) in [7, 11) is 3.84. The molecule has 1 saturated heterocycles. The number of fused-ring (bicyclic) bond motifs is 4. The van der Waals surface area contributed by atoms with Crippen molar-refractivity contribution in [3.05, 3.63) is 29.5 Å². The Kier molecular flexibility index (Phi) is 4.18. The predicted molar refractivity (Wildman–Crippen MR) is 108 cm³/mol. The Labute approximate surface area is 165 Å². The number of hydrogen-bond donors (Lipinski definition) is 2. The van der Waals surface area contributed by atoms with Crippen molar-refractivity contribution in [1.82, 2.24) is 14.8 Å². The van der Waals surface area contributed by atoms with Crippen LogP contribution in [0.1, 0.15) is 43.0 Å². The van der Waals surface area contributed by atoms with Crippen LogP contribution in [0.25, 0.3) is 10.9 Å². The SMILES string of the molecule is COc1ccc2c3c([nH]c2c1)[C@@H](CO)N(C(=O)C1CC1)CC31CCN(C)CC1. The molecule has 3 aliphatic rings. The summed E-state index contributed by atoms with van der Waals surface area (Å²) in [5.74, 6) is 1.19. The third kappa shape index (κ3) is 2.65. The van der Waals surface area contributed by atoms with Gasteiger partial charge < -0.3 is 24.6 Å². The van der Waals surface area contributed by atoms with Crippen LogP contribution >= 0.6 is 0 Å². The van der Waals surface area contributed by atoms with Crippen molar-refractivity contribution in [1.29, 1.82) is 0 Å². The molecule has 1 aromatic carbocycles. The van der Waals surface area contributed by atoms with Gasteiger partial charge in [0, 0.05) is 40.5 Å². The van der Waals surface area contributed by atoms with Gasteiger partial charge in [0.25, 0.3) is 0 Å². The number of aromatic nitrogens is 1. The summed E-state index contributed by atoms with van der Waals surface area (Å²) in [6.07, 6.45) is 4.03. The number of likely N-dealkylation sites (tertiary alicyclic amines) is 1. The molecule has 150 valence electrons. The van der Waals surface area contributed by atoms with Gasteiger partial charge in [0.15, 0.2) is 0 Å². The third-order valence-electron chi connectivity index (χ3n) is 7.07. The molecule has 1 amide bonds. The van der Waals surface area contributed by atoms with Gasteiger partial charge in [0.1, 0.15) is 5.75 Å². The number of nitrogens with one attached hydrogen (secondary N) is 1. The highest BCUT2D eigenvalue weighted by atomic mass is 16.5. The zero-order valence-electron chi connectivity index (χ0n) is 16.7. The molecule has 5 rings (SSSR count). The Morgan fingerprint density at radius 1 is 1.32 bits per heavy atom. The summed E-state index contributed by atoms with van der Waals surface area (Å²) in [6.45, 7) is 2.72. The zero-order valence-corrected chi connectivity index (χ0v) is 16.7. The summed E-state index contributed by atoms with van der Waals surface area (Å²) in [6, 6.07) is 5.88. The fourth-order valence-corrected chi connectivity index (χ4v) is 5.26. The topological polar surface area (TPSA) is 68.8 Å². The van der Waals surface area contributed by atoms with E-state index in [0.29, 0.717) is 6.54 Å². The molecular formula is C22H29N3O3. The molecule has 1 aliphatic carbocycles. The molecule has 2 N–H and O–H groups in total. The molecule has 0 bridgehead atoms. The van der Waals surface area contributed by atoms with E-state index in [-0.39, 0.29) is 29.9 Å². The molecule has 0 unspecified atom stereocenters. The highest BCUT2D eigenvalue weighted by Crippen LogP contribution is 2.50. The van der Waals surface area contributed by atoms with Crippen molar-refractivity contribution in [2.45, 2.75) is 37.1 Å². The molecule has 6 nitrogen and oxygen atoms in total. The minimum Gasteiger partial charge on any atom is -0.497 e. The normalized spacial score (nSPS) is 24.5. The molecule has 2 fully saturated rings. The molecule has 1 atom stereocenters. The van der Waals surface area contributed by atoms with Gasteiger partial charge in [-0.05, 0) is 63.5 Å². The van der Waals surface area contributed by atoms with E-state index in [1.165, 1.54) is 10.9 Å². The number of carbonyl (C=O) groups is 1. The molecule has 1 aromatic heterocycles. The van der Waals surface area contributed by atoms with Gasteiger partial charge in [-0.1, -0.05) is 0 Å². The number of carbonyl (C=O) groups excluding carboxylic acids is 1. The molecule has 1 spiro atoms. The molecule has 3 heterocycles. The second-order valence-corrected chi connectivity index (χ2v) is 8.85. The minimum absolute atomic E-state index is 0.0502. The first kappa shape index (κ1) is 18.0. The van der Waals surface area contributed by atoms with Crippen molar-refractivity contribution in [2.75, 3.05) is 40.4 Å². The van der Waals surface area contributed by atoms with E-state index >= 15 is 0 Å². The van der Waals surface area contributed by atoms with Gasteiger partial charge in [-0.2, -0.15) is 0 Å². The lowest BCUT2D eigenvalue weighted by Gasteiger charge is -2.50. The number of piperidine rings is 1. The molecular weight excluding hydrogens is 354 g/mol. The molecule has 28 heavy (non-hydrogen) atoms. The number of benzene rings is 1. The van der Waals surface area contributed by atoms with E-state index in [1.807, 2.05) is 17.0 Å². The number of methoxy groups -OCH3 is 1. The maximum Gasteiger partial charge on any atom is 0.226 e. The molecule has 2 aromatic rings. The van der Waals surface area contributed by atoms with Crippen LogP contribution in [0, 0.1) is 5.92 Å². The maximum atomic E-state index is 13.1. The second kappa shape index (κ2) is 6.49. The first-order valence-electron chi connectivity index (χ1n) is 10.4. The average Bonchev–Trinajstić information content (AvgIpc) is 3.49. The number of rotatable bonds is 3. The van der Waals surface area contributed by atoms with E-state index < -0.39 is 0 Å². The average molecular weight is 383 g/mol. The van der Waals surface area contributed by atoms with Crippen LogP contribution in [0.3, 0.4) is 0 Å². The van der Waals surface area contributed by atoms with Crippen molar-refractivity contribution < 1.29 is 14.6 Å². The van der Waals surface area contributed by atoms with Gasteiger partial charge in [-0.15, -0.1) is 0 Å². The Morgan fingerprint density at radius 3 is 2.71 bits per heavy atom. The summed E-state index contributed by atoms with van der Waals surface area (Å²) < 4.78 is 5.42. The van der Waals surface area contributed by atoms with Crippen LogP contribution in [0.2, 0.25) is 0 Å². The number of ether oxygens (including phenoxy) is 1. The number of hydrogen-bond acceptors (Lipinski definition) is 4. The van der Waals surface area contributed by atoms with Gasteiger partial charge in [0.2, 0.25) is 5.91 Å². The fourth-order valence-electron chi connectivity index (χ4n) is 5.26. The van der Waals surface area contributed by atoms with Crippen LogP contribution < -0.4 is 4.74 Å². The van der Waals surface area contributed by atoms with Crippen LogP contribution in [-0.4, -0.2) is 66.2 Å². The smallest absolute Gasteiger partial charge is 0.226 e. The molecule has 1 saturated carbocycles. The fraction of sp³-hybridized carbons (Fsp3) is 0.591. The van der Waals surface area contributed by atoms with Gasteiger partial charge in [0.05, 0.1) is 19.8 Å².